The molecule has 2 rings (SSSR count). The summed E-state index contributed by atoms with van der Waals surface area (Å²) in [5.41, 5.74) is 2.44. The number of halogens is 1. The van der Waals surface area contributed by atoms with Crippen molar-refractivity contribution < 1.29 is 9.59 Å². The van der Waals surface area contributed by atoms with Crippen LogP contribution >= 0.6 is 11.6 Å². The van der Waals surface area contributed by atoms with Crippen molar-refractivity contribution in [2.24, 2.45) is 0 Å². The van der Waals surface area contributed by atoms with E-state index in [1.54, 1.807) is 35.5 Å². The molecule has 5 nitrogen and oxygen atoms in total. The number of carbonyl (C=O) groups excluding carboxylic acids is 2. The lowest BCUT2D eigenvalue weighted by molar-refractivity contribution is -0.129. The fourth-order valence-corrected chi connectivity index (χ4v) is 2.43. The molecule has 0 aliphatic carbocycles. The van der Waals surface area contributed by atoms with E-state index in [4.69, 9.17) is 11.6 Å². The van der Waals surface area contributed by atoms with Crippen LogP contribution in [-0.4, -0.2) is 28.2 Å². The highest BCUT2D eigenvalue weighted by Gasteiger charge is 2.13. The summed E-state index contributed by atoms with van der Waals surface area (Å²) in [5.74, 6) is -0.233. The molecule has 1 aromatic carbocycles. The highest BCUT2D eigenvalue weighted by Crippen LogP contribution is 2.23. The predicted molar refractivity (Wildman–Crippen MR) is 94.8 cm³/mol. The first-order chi connectivity index (χ1) is 11.5. The number of pyridine rings is 1. The van der Waals surface area contributed by atoms with Crippen LogP contribution in [0.3, 0.4) is 0 Å². The molecule has 0 saturated heterocycles. The lowest BCUT2D eigenvalue weighted by Gasteiger charge is -2.21. The number of hydrogen-bond acceptors (Lipinski definition) is 3. The second kappa shape index (κ2) is 8.45. The summed E-state index contributed by atoms with van der Waals surface area (Å²) in [6.45, 7) is 4.12. The van der Waals surface area contributed by atoms with Gasteiger partial charge in [-0.25, -0.2) is 0 Å². The molecular weight excluding hydrogens is 326 g/mol. The van der Waals surface area contributed by atoms with Gasteiger partial charge in [0, 0.05) is 49.5 Å². The van der Waals surface area contributed by atoms with Crippen molar-refractivity contribution >= 4 is 29.1 Å². The summed E-state index contributed by atoms with van der Waals surface area (Å²) in [7, 11) is 0. The van der Waals surface area contributed by atoms with Crippen LogP contribution in [0.15, 0.2) is 42.7 Å². The molecule has 2 aromatic rings. The number of benzene rings is 1. The van der Waals surface area contributed by atoms with Gasteiger partial charge in [-0.2, -0.15) is 0 Å². The molecule has 126 valence electrons. The van der Waals surface area contributed by atoms with E-state index in [2.05, 4.69) is 10.3 Å². The highest BCUT2D eigenvalue weighted by atomic mass is 35.5. The van der Waals surface area contributed by atoms with Gasteiger partial charge in [-0.05, 0) is 36.2 Å². The molecule has 0 aliphatic heterocycles. The Morgan fingerprint density at radius 1 is 1.25 bits per heavy atom. The molecule has 0 atom stereocenters. The number of nitrogens with one attached hydrogen (secondary N) is 1. The zero-order chi connectivity index (χ0) is 17.5. The van der Waals surface area contributed by atoms with Gasteiger partial charge >= 0.3 is 0 Å². The van der Waals surface area contributed by atoms with Crippen LogP contribution in [-0.2, 0) is 16.1 Å². The van der Waals surface area contributed by atoms with Crippen LogP contribution < -0.4 is 5.32 Å². The summed E-state index contributed by atoms with van der Waals surface area (Å²) in [5, 5.41) is 3.44. The Morgan fingerprint density at radius 2 is 2.04 bits per heavy atom. The smallest absolute Gasteiger partial charge is 0.226 e. The molecule has 0 radical (unpaired) electrons. The average Bonchev–Trinajstić information content (AvgIpc) is 2.56. The van der Waals surface area contributed by atoms with Crippen molar-refractivity contribution in [3.05, 3.63) is 58.9 Å². The van der Waals surface area contributed by atoms with Crippen molar-refractivity contribution in [2.45, 2.75) is 26.8 Å². The van der Waals surface area contributed by atoms with Gasteiger partial charge in [-0.1, -0.05) is 23.7 Å². The van der Waals surface area contributed by atoms with E-state index < -0.39 is 0 Å². The molecule has 0 fully saturated rings. The third kappa shape index (κ3) is 5.06. The lowest BCUT2D eigenvalue weighted by Crippen LogP contribution is -2.31. The number of hydrogen-bond donors (Lipinski definition) is 1. The van der Waals surface area contributed by atoms with E-state index >= 15 is 0 Å². The van der Waals surface area contributed by atoms with E-state index in [-0.39, 0.29) is 18.2 Å². The molecule has 1 N–H and O–H groups in total. The first kappa shape index (κ1) is 17.9. The predicted octanol–water partition coefficient (Wildman–Crippen LogP) is 3.42. The van der Waals surface area contributed by atoms with E-state index in [9.17, 15) is 9.59 Å². The Morgan fingerprint density at radius 3 is 2.71 bits per heavy atom. The molecule has 0 bridgehead atoms. The SMILES string of the molecule is CC(=O)N(CCC(=O)Nc1cccc(Cl)c1C)Cc1cccnc1. The van der Waals surface area contributed by atoms with Gasteiger partial charge in [0.15, 0.2) is 0 Å². The third-order valence-corrected chi connectivity index (χ3v) is 4.10. The first-order valence-electron chi connectivity index (χ1n) is 7.66. The van der Waals surface area contributed by atoms with Crippen molar-refractivity contribution in [3.63, 3.8) is 0 Å². The van der Waals surface area contributed by atoms with Gasteiger partial charge < -0.3 is 10.2 Å². The maximum absolute atomic E-state index is 12.2. The monoisotopic (exact) mass is 345 g/mol. The Labute approximate surface area is 146 Å². The molecule has 2 amide bonds. The molecule has 0 saturated carbocycles. The molecule has 1 heterocycles. The summed E-state index contributed by atoms with van der Waals surface area (Å²) in [4.78, 5) is 29.6. The number of carbonyl (C=O) groups is 2. The van der Waals surface area contributed by atoms with Crippen LogP contribution in [0.5, 0.6) is 0 Å². The Kier molecular flexibility index (Phi) is 6.32. The van der Waals surface area contributed by atoms with Crippen LogP contribution in [0.1, 0.15) is 24.5 Å². The number of aromatic nitrogens is 1. The van der Waals surface area contributed by atoms with Gasteiger partial charge in [0.2, 0.25) is 11.8 Å². The fraction of sp³-hybridized carbons (Fsp3) is 0.278. The zero-order valence-corrected chi connectivity index (χ0v) is 14.5. The maximum Gasteiger partial charge on any atom is 0.226 e. The fourth-order valence-electron chi connectivity index (χ4n) is 2.25. The molecule has 1 aromatic heterocycles. The minimum atomic E-state index is -0.155. The Hall–Kier alpha value is -2.40. The minimum absolute atomic E-state index is 0.0782. The van der Waals surface area contributed by atoms with Gasteiger partial charge in [-0.3, -0.25) is 14.6 Å². The highest BCUT2D eigenvalue weighted by molar-refractivity contribution is 6.31. The van der Waals surface area contributed by atoms with Crippen molar-refractivity contribution in [1.82, 2.24) is 9.88 Å². The summed E-state index contributed by atoms with van der Waals surface area (Å²) in [6, 6.07) is 9.09. The largest absolute Gasteiger partial charge is 0.338 e. The Balaban J connectivity index is 1.93. The second-order valence-electron chi connectivity index (χ2n) is 5.51. The van der Waals surface area contributed by atoms with Gasteiger partial charge in [0.25, 0.3) is 0 Å². The first-order valence-corrected chi connectivity index (χ1v) is 8.04. The second-order valence-corrected chi connectivity index (χ2v) is 5.92. The van der Waals surface area contributed by atoms with E-state index in [1.165, 1.54) is 6.92 Å². The summed E-state index contributed by atoms with van der Waals surface area (Å²) >= 11 is 6.05. The van der Waals surface area contributed by atoms with Gasteiger partial charge in [0.05, 0.1) is 0 Å². The Bertz CT molecular complexity index is 719. The number of nitrogens with zero attached hydrogens (tertiary/aromatic N) is 2. The lowest BCUT2D eigenvalue weighted by atomic mass is 10.2. The van der Waals surface area contributed by atoms with E-state index in [0.29, 0.717) is 23.8 Å². The molecule has 6 heteroatoms. The molecule has 24 heavy (non-hydrogen) atoms. The molecule has 0 unspecified atom stereocenters. The van der Waals surface area contributed by atoms with Crippen molar-refractivity contribution in [1.29, 1.82) is 0 Å². The van der Waals surface area contributed by atoms with Crippen LogP contribution in [0.2, 0.25) is 5.02 Å². The van der Waals surface area contributed by atoms with Crippen molar-refractivity contribution in [3.8, 4) is 0 Å². The van der Waals surface area contributed by atoms with E-state index in [0.717, 1.165) is 11.1 Å². The van der Waals surface area contributed by atoms with Crippen LogP contribution in [0.4, 0.5) is 5.69 Å². The van der Waals surface area contributed by atoms with Crippen LogP contribution in [0, 0.1) is 6.92 Å². The number of anilines is 1. The quantitative estimate of drug-likeness (QED) is 0.872. The maximum atomic E-state index is 12.2. The standard InChI is InChI=1S/C18H20ClN3O2/c1-13-16(19)6-3-7-17(13)21-18(24)8-10-22(14(2)23)12-15-5-4-9-20-11-15/h3-7,9,11H,8,10,12H2,1-2H3,(H,21,24). The molecular formula is C18H20ClN3O2. The van der Waals surface area contributed by atoms with Crippen molar-refractivity contribution in [2.75, 3.05) is 11.9 Å². The summed E-state index contributed by atoms with van der Waals surface area (Å²) in [6.07, 6.45) is 3.61. The summed E-state index contributed by atoms with van der Waals surface area (Å²) < 4.78 is 0. The zero-order valence-electron chi connectivity index (χ0n) is 13.8. The average molecular weight is 346 g/mol. The van der Waals surface area contributed by atoms with Gasteiger partial charge in [-0.15, -0.1) is 0 Å². The van der Waals surface area contributed by atoms with Crippen LogP contribution in [0.25, 0.3) is 0 Å². The topological polar surface area (TPSA) is 62.3 Å². The normalized spacial score (nSPS) is 10.3. The number of rotatable bonds is 6. The van der Waals surface area contributed by atoms with E-state index in [1.807, 2.05) is 19.1 Å². The molecule has 0 aliphatic rings. The molecule has 0 spiro atoms. The number of amides is 2. The third-order valence-electron chi connectivity index (χ3n) is 3.69. The van der Waals surface area contributed by atoms with Gasteiger partial charge in [0.1, 0.15) is 0 Å². The minimum Gasteiger partial charge on any atom is -0.338 e.